The van der Waals surface area contributed by atoms with Gasteiger partial charge >= 0.3 is 0 Å². The number of benzene rings is 1. The van der Waals surface area contributed by atoms with E-state index in [0.29, 0.717) is 11.8 Å². The largest absolute Gasteiger partial charge is 0.324 e. The zero-order valence-electron chi connectivity index (χ0n) is 13.1. The van der Waals surface area contributed by atoms with Crippen molar-refractivity contribution in [2.24, 2.45) is 0 Å². The summed E-state index contributed by atoms with van der Waals surface area (Å²) in [4.78, 5) is 12.3. The van der Waals surface area contributed by atoms with E-state index in [2.05, 4.69) is 56.3 Å². The van der Waals surface area contributed by atoms with Crippen LogP contribution in [0, 0.1) is 0 Å². The van der Waals surface area contributed by atoms with Crippen LogP contribution >= 0.6 is 0 Å². The number of anilines is 1. The van der Waals surface area contributed by atoms with Gasteiger partial charge in [0.05, 0.1) is 0 Å². The van der Waals surface area contributed by atoms with Gasteiger partial charge < -0.3 is 5.32 Å². The number of amides is 1. The number of nitrogens with zero attached hydrogens (tertiary/aromatic N) is 2. The van der Waals surface area contributed by atoms with E-state index in [1.54, 1.807) is 17.1 Å². The molecule has 0 saturated heterocycles. The van der Waals surface area contributed by atoms with Crippen molar-refractivity contribution < 1.29 is 4.79 Å². The average Bonchev–Trinajstić information content (AvgIpc) is 2.91. The molecular formula is C17H23N3O. The maximum absolute atomic E-state index is 12.3. The second-order valence-electron chi connectivity index (χ2n) is 5.87. The fraction of sp³-hybridized carbons (Fsp3) is 0.412. The molecule has 2 rings (SSSR count). The minimum Gasteiger partial charge on any atom is -0.324 e. The van der Waals surface area contributed by atoms with E-state index in [1.807, 2.05) is 6.07 Å². The van der Waals surface area contributed by atoms with Crippen molar-refractivity contribution >= 4 is 11.6 Å². The Morgan fingerprint density at radius 3 is 2.24 bits per heavy atom. The first-order valence-electron chi connectivity index (χ1n) is 7.39. The van der Waals surface area contributed by atoms with Crippen molar-refractivity contribution in [3.05, 3.63) is 47.8 Å². The lowest BCUT2D eigenvalue weighted by Gasteiger charge is -2.20. The van der Waals surface area contributed by atoms with Crippen LogP contribution in [-0.2, 0) is 11.3 Å². The zero-order valence-corrected chi connectivity index (χ0v) is 13.1. The van der Waals surface area contributed by atoms with Gasteiger partial charge in [0.15, 0.2) is 0 Å². The SMILES string of the molecule is CC(C)c1cccc(C(C)C)c1NC(=O)Cn1cccn1. The summed E-state index contributed by atoms with van der Waals surface area (Å²) in [5.74, 6) is 0.682. The van der Waals surface area contributed by atoms with Gasteiger partial charge in [-0.05, 0) is 29.0 Å². The van der Waals surface area contributed by atoms with Gasteiger partial charge in [-0.1, -0.05) is 45.9 Å². The molecule has 1 N–H and O–H groups in total. The summed E-state index contributed by atoms with van der Waals surface area (Å²) in [6.07, 6.45) is 3.46. The molecule has 0 aliphatic rings. The number of aromatic nitrogens is 2. The number of para-hydroxylation sites is 1. The van der Waals surface area contributed by atoms with Crippen LogP contribution in [-0.4, -0.2) is 15.7 Å². The third-order valence-corrected chi connectivity index (χ3v) is 3.50. The maximum atomic E-state index is 12.3. The van der Waals surface area contributed by atoms with Crippen molar-refractivity contribution in [2.75, 3.05) is 5.32 Å². The molecule has 0 atom stereocenters. The van der Waals surface area contributed by atoms with Gasteiger partial charge in [0, 0.05) is 18.1 Å². The smallest absolute Gasteiger partial charge is 0.246 e. The quantitative estimate of drug-likeness (QED) is 0.909. The van der Waals surface area contributed by atoms with Gasteiger partial charge in [0.1, 0.15) is 6.54 Å². The van der Waals surface area contributed by atoms with E-state index in [4.69, 9.17) is 0 Å². The van der Waals surface area contributed by atoms with E-state index in [0.717, 1.165) is 5.69 Å². The Labute approximate surface area is 126 Å². The summed E-state index contributed by atoms with van der Waals surface area (Å²) in [6.45, 7) is 8.80. The Morgan fingerprint density at radius 1 is 1.14 bits per heavy atom. The first-order chi connectivity index (χ1) is 9.99. The molecule has 0 saturated carbocycles. The third-order valence-electron chi connectivity index (χ3n) is 3.50. The number of rotatable bonds is 5. The number of hydrogen-bond donors (Lipinski definition) is 1. The molecular weight excluding hydrogens is 262 g/mol. The molecule has 1 heterocycles. The van der Waals surface area contributed by atoms with Crippen LogP contribution in [0.2, 0.25) is 0 Å². The van der Waals surface area contributed by atoms with E-state index in [9.17, 15) is 4.79 Å². The van der Waals surface area contributed by atoms with Gasteiger partial charge in [0.2, 0.25) is 5.91 Å². The standard InChI is InChI=1S/C17H23N3O/c1-12(2)14-7-5-8-15(13(3)4)17(14)19-16(21)11-20-10-6-9-18-20/h5-10,12-13H,11H2,1-4H3,(H,19,21). The molecule has 1 aromatic heterocycles. The van der Waals surface area contributed by atoms with Gasteiger partial charge in [-0.3, -0.25) is 9.48 Å². The Hall–Kier alpha value is -2.10. The Morgan fingerprint density at radius 2 is 1.76 bits per heavy atom. The molecule has 2 aromatic rings. The lowest BCUT2D eigenvalue weighted by atomic mass is 9.92. The van der Waals surface area contributed by atoms with E-state index in [-0.39, 0.29) is 12.5 Å². The third kappa shape index (κ3) is 3.72. The fourth-order valence-corrected chi connectivity index (χ4v) is 2.42. The van der Waals surface area contributed by atoms with Crippen LogP contribution in [0.4, 0.5) is 5.69 Å². The van der Waals surface area contributed by atoms with Crippen LogP contribution in [0.5, 0.6) is 0 Å². The first kappa shape index (κ1) is 15.3. The van der Waals surface area contributed by atoms with Gasteiger partial charge in [-0.2, -0.15) is 5.10 Å². The highest BCUT2D eigenvalue weighted by atomic mass is 16.2. The van der Waals surface area contributed by atoms with Crippen LogP contribution < -0.4 is 5.32 Å². The van der Waals surface area contributed by atoms with E-state index in [1.165, 1.54) is 11.1 Å². The van der Waals surface area contributed by atoms with Crippen molar-refractivity contribution in [3.63, 3.8) is 0 Å². The van der Waals surface area contributed by atoms with Crippen molar-refractivity contribution in [1.29, 1.82) is 0 Å². The summed E-state index contributed by atoms with van der Waals surface area (Å²) >= 11 is 0. The number of carbonyl (C=O) groups excluding carboxylic acids is 1. The predicted octanol–water partition coefficient (Wildman–Crippen LogP) is 3.77. The highest BCUT2D eigenvalue weighted by Gasteiger charge is 2.16. The highest BCUT2D eigenvalue weighted by molar-refractivity contribution is 5.92. The minimum atomic E-state index is -0.0475. The Balaban J connectivity index is 2.26. The summed E-state index contributed by atoms with van der Waals surface area (Å²) in [7, 11) is 0. The maximum Gasteiger partial charge on any atom is 0.246 e. The predicted molar refractivity (Wildman–Crippen MR) is 85.5 cm³/mol. The van der Waals surface area contributed by atoms with Crippen LogP contribution in [0.3, 0.4) is 0 Å². The Bertz CT molecular complexity index is 574. The summed E-state index contributed by atoms with van der Waals surface area (Å²) in [6, 6.07) is 8.04. The molecule has 0 bridgehead atoms. The lowest BCUT2D eigenvalue weighted by molar-refractivity contribution is -0.116. The minimum absolute atomic E-state index is 0.0475. The fourth-order valence-electron chi connectivity index (χ4n) is 2.42. The molecule has 0 spiro atoms. The summed E-state index contributed by atoms with van der Waals surface area (Å²) in [5.41, 5.74) is 3.31. The van der Waals surface area contributed by atoms with E-state index >= 15 is 0 Å². The molecule has 112 valence electrons. The first-order valence-corrected chi connectivity index (χ1v) is 7.39. The van der Waals surface area contributed by atoms with Crippen LogP contribution in [0.1, 0.15) is 50.7 Å². The number of nitrogens with one attached hydrogen (secondary N) is 1. The van der Waals surface area contributed by atoms with E-state index < -0.39 is 0 Å². The van der Waals surface area contributed by atoms with Crippen molar-refractivity contribution in [2.45, 2.75) is 46.1 Å². The molecule has 0 fully saturated rings. The topological polar surface area (TPSA) is 46.9 Å². The molecule has 1 amide bonds. The molecule has 0 radical (unpaired) electrons. The lowest BCUT2D eigenvalue weighted by Crippen LogP contribution is -2.21. The average molecular weight is 285 g/mol. The second-order valence-corrected chi connectivity index (χ2v) is 5.87. The molecule has 0 aliphatic carbocycles. The van der Waals surface area contributed by atoms with Crippen molar-refractivity contribution in [3.8, 4) is 0 Å². The molecule has 4 heteroatoms. The second kappa shape index (κ2) is 6.57. The number of carbonyl (C=O) groups is 1. The van der Waals surface area contributed by atoms with Crippen LogP contribution in [0.15, 0.2) is 36.7 Å². The zero-order chi connectivity index (χ0) is 15.4. The monoisotopic (exact) mass is 285 g/mol. The molecule has 0 aliphatic heterocycles. The molecule has 1 aromatic carbocycles. The molecule has 21 heavy (non-hydrogen) atoms. The normalized spacial score (nSPS) is 11.1. The Kier molecular flexibility index (Phi) is 4.78. The van der Waals surface area contributed by atoms with Crippen LogP contribution in [0.25, 0.3) is 0 Å². The van der Waals surface area contributed by atoms with Crippen molar-refractivity contribution in [1.82, 2.24) is 9.78 Å². The number of hydrogen-bond acceptors (Lipinski definition) is 2. The molecule has 4 nitrogen and oxygen atoms in total. The summed E-state index contributed by atoms with van der Waals surface area (Å²) in [5, 5.41) is 7.15. The van der Waals surface area contributed by atoms with Gasteiger partial charge in [0.25, 0.3) is 0 Å². The highest BCUT2D eigenvalue weighted by Crippen LogP contribution is 2.32. The van der Waals surface area contributed by atoms with Gasteiger partial charge in [-0.25, -0.2) is 0 Å². The van der Waals surface area contributed by atoms with Gasteiger partial charge in [-0.15, -0.1) is 0 Å². The molecule has 0 unspecified atom stereocenters. The summed E-state index contributed by atoms with van der Waals surface area (Å²) < 4.78 is 1.63.